The van der Waals surface area contributed by atoms with Crippen molar-refractivity contribution in [3.63, 3.8) is 0 Å². The van der Waals surface area contributed by atoms with Gasteiger partial charge in [-0.05, 0) is 30.7 Å². The number of rotatable bonds is 8. The number of hydrazine groups is 1. The van der Waals surface area contributed by atoms with E-state index in [0.29, 0.717) is 12.2 Å². The molecule has 10 heteroatoms. The second kappa shape index (κ2) is 8.81. The smallest absolute Gasteiger partial charge is 0.313 e. The van der Waals surface area contributed by atoms with Crippen LogP contribution in [0.4, 0.5) is 6.01 Å². The van der Waals surface area contributed by atoms with Gasteiger partial charge in [-0.3, -0.25) is 15.2 Å². The van der Waals surface area contributed by atoms with E-state index >= 15 is 0 Å². The lowest BCUT2D eigenvalue weighted by molar-refractivity contribution is -0.120. The molecule has 0 spiro atoms. The first kappa shape index (κ1) is 18.4. The fraction of sp³-hybridized carbons (Fsp3) is 0.167. The van der Waals surface area contributed by atoms with Crippen LogP contribution >= 0.6 is 23.1 Å². The number of fused-ring (bicyclic) bond motifs is 1. The molecule has 0 atom stereocenters. The highest BCUT2D eigenvalue weighted by atomic mass is 32.2. The van der Waals surface area contributed by atoms with E-state index in [2.05, 4.69) is 37.0 Å². The van der Waals surface area contributed by atoms with Crippen LogP contribution in [0.5, 0.6) is 0 Å². The van der Waals surface area contributed by atoms with Crippen molar-refractivity contribution in [2.24, 2.45) is 0 Å². The summed E-state index contributed by atoms with van der Waals surface area (Å²) in [6, 6.07) is 11.7. The average Bonchev–Trinajstić information content (AvgIpc) is 3.37. The molecule has 0 aliphatic carbocycles. The average molecular weight is 413 g/mol. The molecule has 4 aromatic rings. The van der Waals surface area contributed by atoms with E-state index in [9.17, 15) is 4.79 Å². The van der Waals surface area contributed by atoms with Gasteiger partial charge >= 0.3 is 6.01 Å². The Morgan fingerprint density at radius 3 is 2.86 bits per heavy atom. The summed E-state index contributed by atoms with van der Waals surface area (Å²) in [6.45, 7) is 0. The highest BCUT2D eigenvalue weighted by Crippen LogP contribution is 2.29. The summed E-state index contributed by atoms with van der Waals surface area (Å²) in [4.78, 5) is 24.6. The summed E-state index contributed by atoms with van der Waals surface area (Å²) >= 11 is 3.34. The van der Waals surface area contributed by atoms with Crippen LogP contribution in [0.2, 0.25) is 0 Å². The predicted octanol–water partition coefficient (Wildman–Crippen LogP) is 3.76. The minimum atomic E-state index is -0.145. The largest absolute Gasteiger partial charge is 0.340 e. The van der Waals surface area contributed by atoms with Crippen LogP contribution in [-0.4, -0.2) is 31.8 Å². The molecule has 28 heavy (non-hydrogen) atoms. The highest BCUT2D eigenvalue weighted by Gasteiger charge is 2.09. The molecule has 1 amide bonds. The van der Waals surface area contributed by atoms with Gasteiger partial charge in [0.1, 0.15) is 0 Å². The van der Waals surface area contributed by atoms with Gasteiger partial charge in [0.15, 0.2) is 4.34 Å². The molecule has 1 aromatic carbocycles. The lowest BCUT2D eigenvalue weighted by atomic mass is 10.3. The van der Waals surface area contributed by atoms with E-state index in [0.717, 1.165) is 27.6 Å². The minimum Gasteiger partial charge on any atom is -0.313 e. The van der Waals surface area contributed by atoms with Crippen LogP contribution in [-0.2, 0) is 4.79 Å². The molecule has 0 aliphatic rings. The Bertz CT molecular complexity index is 1030. The van der Waals surface area contributed by atoms with Crippen molar-refractivity contribution < 1.29 is 9.32 Å². The maximum atomic E-state index is 12.0. The standard InChI is InChI=1S/C18H16N6O2S2/c25-15(6-3-11-27-18-20-13-4-1-2-5-14(13)28-18)22-23-17-21-16(24-26-17)12-7-9-19-10-8-12/h1-2,4-5,7-10H,3,6,11H2,(H,22,25)(H,21,23,24). The third-order valence-corrected chi connectivity index (χ3v) is 5.99. The van der Waals surface area contributed by atoms with Crippen LogP contribution in [0.15, 0.2) is 57.7 Å². The number of pyridine rings is 1. The molecule has 2 N–H and O–H groups in total. The van der Waals surface area contributed by atoms with Crippen molar-refractivity contribution in [3.8, 4) is 11.4 Å². The topological polar surface area (TPSA) is 106 Å². The van der Waals surface area contributed by atoms with Crippen molar-refractivity contribution in [3.05, 3.63) is 48.8 Å². The Kier molecular flexibility index (Phi) is 5.78. The van der Waals surface area contributed by atoms with Gasteiger partial charge in [-0.1, -0.05) is 29.1 Å². The van der Waals surface area contributed by atoms with Crippen LogP contribution in [0.25, 0.3) is 21.6 Å². The van der Waals surface area contributed by atoms with Crippen molar-refractivity contribution in [2.75, 3.05) is 11.2 Å². The first-order valence-electron chi connectivity index (χ1n) is 8.55. The number of aromatic nitrogens is 4. The second-order valence-electron chi connectivity index (χ2n) is 5.73. The Morgan fingerprint density at radius 2 is 2.00 bits per heavy atom. The predicted molar refractivity (Wildman–Crippen MR) is 109 cm³/mol. The number of hydrogen-bond donors (Lipinski definition) is 2. The molecule has 0 radical (unpaired) electrons. The first-order valence-corrected chi connectivity index (χ1v) is 10.4. The molecule has 0 aliphatic heterocycles. The zero-order valence-corrected chi connectivity index (χ0v) is 16.3. The summed E-state index contributed by atoms with van der Waals surface area (Å²) in [7, 11) is 0. The summed E-state index contributed by atoms with van der Waals surface area (Å²) in [5.74, 6) is 1.10. The highest BCUT2D eigenvalue weighted by molar-refractivity contribution is 8.01. The molecule has 142 valence electrons. The maximum absolute atomic E-state index is 12.0. The Labute approximate surface area is 168 Å². The zero-order chi connectivity index (χ0) is 19.2. The third kappa shape index (κ3) is 4.65. The van der Waals surface area contributed by atoms with Gasteiger partial charge < -0.3 is 4.52 Å². The summed E-state index contributed by atoms with van der Waals surface area (Å²) in [5, 5.41) is 3.85. The number of carbonyl (C=O) groups excluding carboxylic acids is 1. The molecule has 8 nitrogen and oxygen atoms in total. The molecule has 0 fully saturated rings. The number of benzene rings is 1. The van der Waals surface area contributed by atoms with Gasteiger partial charge in [0, 0.05) is 30.1 Å². The number of nitrogens with one attached hydrogen (secondary N) is 2. The molecule has 0 saturated heterocycles. The number of thiazole rings is 1. The van der Waals surface area contributed by atoms with Crippen molar-refractivity contribution >= 4 is 45.2 Å². The van der Waals surface area contributed by atoms with E-state index in [4.69, 9.17) is 4.52 Å². The molecule has 3 heterocycles. The van der Waals surface area contributed by atoms with Gasteiger partial charge in [-0.25, -0.2) is 10.4 Å². The molecular formula is C18H16N6O2S2. The lowest BCUT2D eigenvalue weighted by Crippen LogP contribution is -2.29. The van der Waals surface area contributed by atoms with E-state index in [1.165, 1.54) is 4.70 Å². The Balaban J connectivity index is 1.18. The van der Waals surface area contributed by atoms with Gasteiger partial charge in [-0.15, -0.1) is 11.3 Å². The van der Waals surface area contributed by atoms with E-state index in [1.807, 2.05) is 18.2 Å². The minimum absolute atomic E-state index is 0.129. The summed E-state index contributed by atoms with van der Waals surface area (Å²) < 4.78 is 7.26. The number of para-hydroxylation sites is 1. The fourth-order valence-electron chi connectivity index (χ4n) is 2.38. The van der Waals surface area contributed by atoms with Crippen LogP contribution < -0.4 is 10.9 Å². The van der Waals surface area contributed by atoms with E-state index < -0.39 is 0 Å². The lowest BCUT2D eigenvalue weighted by Gasteiger charge is -2.03. The second-order valence-corrected chi connectivity index (χ2v) is 8.10. The number of carbonyl (C=O) groups is 1. The van der Waals surface area contributed by atoms with Gasteiger partial charge in [0.2, 0.25) is 11.7 Å². The van der Waals surface area contributed by atoms with Crippen LogP contribution in [0.3, 0.4) is 0 Å². The van der Waals surface area contributed by atoms with E-state index in [-0.39, 0.29) is 11.9 Å². The third-order valence-electron chi connectivity index (χ3n) is 3.72. The first-order chi connectivity index (χ1) is 13.8. The van der Waals surface area contributed by atoms with Crippen molar-refractivity contribution in [1.82, 2.24) is 25.5 Å². The molecular weight excluding hydrogens is 396 g/mol. The van der Waals surface area contributed by atoms with Gasteiger partial charge in [0.05, 0.1) is 10.2 Å². The monoisotopic (exact) mass is 412 g/mol. The number of thioether (sulfide) groups is 1. The molecule has 0 unspecified atom stereocenters. The van der Waals surface area contributed by atoms with Crippen LogP contribution in [0, 0.1) is 0 Å². The summed E-state index contributed by atoms with van der Waals surface area (Å²) in [5.41, 5.74) is 7.00. The number of amides is 1. The van der Waals surface area contributed by atoms with Gasteiger partial charge in [-0.2, -0.15) is 4.98 Å². The zero-order valence-electron chi connectivity index (χ0n) is 14.7. The number of hydrogen-bond acceptors (Lipinski definition) is 9. The Morgan fingerprint density at radius 1 is 1.14 bits per heavy atom. The van der Waals surface area contributed by atoms with Crippen LogP contribution in [0.1, 0.15) is 12.8 Å². The number of nitrogens with zero attached hydrogens (tertiary/aromatic N) is 4. The normalized spacial score (nSPS) is 10.9. The SMILES string of the molecule is O=C(CCCSc1nc2ccccc2s1)NNc1nc(-c2ccncc2)no1. The number of anilines is 1. The van der Waals surface area contributed by atoms with Crippen molar-refractivity contribution in [2.45, 2.75) is 17.2 Å². The quantitative estimate of drug-likeness (QED) is 0.256. The Hall–Kier alpha value is -2.98. The molecule has 4 rings (SSSR count). The van der Waals surface area contributed by atoms with Crippen molar-refractivity contribution in [1.29, 1.82) is 0 Å². The summed E-state index contributed by atoms with van der Waals surface area (Å²) in [6.07, 6.45) is 4.41. The van der Waals surface area contributed by atoms with Gasteiger partial charge in [0.25, 0.3) is 0 Å². The maximum Gasteiger partial charge on any atom is 0.340 e. The molecule has 3 aromatic heterocycles. The fourth-order valence-corrected chi connectivity index (χ4v) is 4.46. The molecule has 0 saturated carbocycles. The van der Waals surface area contributed by atoms with E-state index in [1.54, 1.807) is 47.6 Å². The molecule has 0 bridgehead atoms.